The van der Waals surface area contributed by atoms with Crippen molar-refractivity contribution in [3.05, 3.63) is 29.8 Å². The zero-order valence-corrected chi connectivity index (χ0v) is 11.3. The van der Waals surface area contributed by atoms with E-state index >= 15 is 0 Å². The van der Waals surface area contributed by atoms with E-state index in [1.165, 1.54) is 25.9 Å². The van der Waals surface area contributed by atoms with Crippen molar-refractivity contribution < 1.29 is 9.84 Å². The van der Waals surface area contributed by atoms with Crippen LogP contribution in [0.15, 0.2) is 24.3 Å². The Labute approximate surface area is 109 Å². The Balaban J connectivity index is 1.93. The normalized spacial score (nSPS) is 19.7. The van der Waals surface area contributed by atoms with E-state index in [1.54, 1.807) is 7.11 Å². The van der Waals surface area contributed by atoms with Gasteiger partial charge in [0.05, 0.1) is 13.2 Å². The van der Waals surface area contributed by atoms with Gasteiger partial charge in [0.15, 0.2) is 0 Å². The zero-order chi connectivity index (χ0) is 13.0. The van der Waals surface area contributed by atoms with Gasteiger partial charge in [-0.2, -0.15) is 0 Å². The second-order valence-corrected chi connectivity index (χ2v) is 5.20. The van der Waals surface area contributed by atoms with Gasteiger partial charge in [-0.3, -0.25) is 0 Å². The first-order valence-corrected chi connectivity index (χ1v) is 6.75. The summed E-state index contributed by atoms with van der Waals surface area (Å²) in [5.74, 6) is 1.09. The molecule has 0 aromatic heterocycles. The van der Waals surface area contributed by atoms with Gasteiger partial charge >= 0.3 is 0 Å². The Kier molecular flexibility index (Phi) is 4.61. The molecule has 1 aromatic rings. The number of methoxy groups -OCH3 is 1. The molecule has 0 radical (unpaired) electrons. The molecule has 100 valence electrons. The summed E-state index contributed by atoms with van der Waals surface area (Å²) in [5.41, 5.74) is 0.975. The Hall–Kier alpha value is -1.06. The summed E-state index contributed by atoms with van der Waals surface area (Å²) >= 11 is 0. The third-order valence-corrected chi connectivity index (χ3v) is 3.74. The van der Waals surface area contributed by atoms with E-state index in [-0.39, 0.29) is 5.92 Å². The SMILES string of the molecule is COc1ccc([C@@H](O)[C@H](C)CN2CCCC2)cc1. The summed E-state index contributed by atoms with van der Waals surface area (Å²) in [5, 5.41) is 10.3. The van der Waals surface area contributed by atoms with Gasteiger partial charge in [-0.1, -0.05) is 19.1 Å². The van der Waals surface area contributed by atoms with Crippen LogP contribution in [0.25, 0.3) is 0 Å². The number of ether oxygens (including phenoxy) is 1. The lowest BCUT2D eigenvalue weighted by atomic mass is 9.97. The summed E-state index contributed by atoms with van der Waals surface area (Å²) in [7, 11) is 1.65. The molecule has 0 aliphatic carbocycles. The summed E-state index contributed by atoms with van der Waals surface area (Å²) in [6.07, 6.45) is 2.20. The lowest BCUT2D eigenvalue weighted by molar-refractivity contribution is 0.0945. The maximum Gasteiger partial charge on any atom is 0.118 e. The minimum Gasteiger partial charge on any atom is -0.497 e. The fraction of sp³-hybridized carbons (Fsp3) is 0.600. The van der Waals surface area contributed by atoms with Gasteiger partial charge in [0.25, 0.3) is 0 Å². The number of hydrogen-bond donors (Lipinski definition) is 1. The molecule has 2 rings (SSSR count). The van der Waals surface area contributed by atoms with Gasteiger partial charge in [-0.15, -0.1) is 0 Å². The number of rotatable bonds is 5. The molecule has 0 amide bonds. The molecule has 0 saturated carbocycles. The van der Waals surface area contributed by atoms with Gasteiger partial charge in [0.2, 0.25) is 0 Å². The van der Waals surface area contributed by atoms with Crippen LogP contribution in [-0.2, 0) is 0 Å². The molecule has 18 heavy (non-hydrogen) atoms. The molecule has 2 atom stereocenters. The van der Waals surface area contributed by atoms with E-state index in [0.717, 1.165) is 17.9 Å². The smallest absolute Gasteiger partial charge is 0.118 e. The van der Waals surface area contributed by atoms with Gasteiger partial charge in [0.1, 0.15) is 5.75 Å². The number of nitrogens with zero attached hydrogens (tertiary/aromatic N) is 1. The summed E-state index contributed by atoms with van der Waals surface area (Å²) in [6, 6.07) is 7.70. The van der Waals surface area contributed by atoms with Crippen LogP contribution in [0.1, 0.15) is 31.4 Å². The minimum absolute atomic E-state index is 0.261. The Bertz CT molecular complexity index is 357. The van der Waals surface area contributed by atoms with Crippen LogP contribution >= 0.6 is 0 Å². The van der Waals surface area contributed by atoms with Gasteiger partial charge in [0, 0.05) is 6.54 Å². The van der Waals surface area contributed by atoms with Crippen molar-refractivity contribution in [1.29, 1.82) is 0 Å². The third kappa shape index (κ3) is 3.24. The Morgan fingerprint density at radius 3 is 2.39 bits per heavy atom. The highest BCUT2D eigenvalue weighted by Gasteiger charge is 2.21. The van der Waals surface area contributed by atoms with E-state index in [0.29, 0.717) is 0 Å². The molecule has 1 heterocycles. The summed E-state index contributed by atoms with van der Waals surface area (Å²) in [4.78, 5) is 2.44. The predicted octanol–water partition coefficient (Wildman–Crippen LogP) is 2.46. The van der Waals surface area contributed by atoms with Gasteiger partial charge < -0.3 is 14.7 Å². The largest absolute Gasteiger partial charge is 0.497 e. The number of benzene rings is 1. The second kappa shape index (κ2) is 6.21. The van der Waals surface area contributed by atoms with E-state index in [4.69, 9.17) is 4.74 Å². The maximum absolute atomic E-state index is 10.3. The first kappa shape index (κ1) is 13.4. The van der Waals surface area contributed by atoms with Crippen molar-refractivity contribution in [3.8, 4) is 5.75 Å². The molecule has 3 nitrogen and oxygen atoms in total. The molecule has 1 aliphatic rings. The first-order valence-electron chi connectivity index (χ1n) is 6.75. The highest BCUT2D eigenvalue weighted by molar-refractivity contribution is 5.28. The lowest BCUT2D eigenvalue weighted by Gasteiger charge is -2.24. The molecular weight excluding hydrogens is 226 g/mol. The van der Waals surface area contributed by atoms with Gasteiger partial charge in [-0.05, 0) is 49.5 Å². The topological polar surface area (TPSA) is 32.7 Å². The van der Waals surface area contributed by atoms with Crippen LogP contribution in [0.3, 0.4) is 0 Å². The fourth-order valence-electron chi connectivity index (χ4n) is 2.60. The highest BCUT2D eigenvalue weighted by Crippen LogP contribution is 2.25. The summed E-state index contributed by atoms with van der Waals surface area (Å²) < 4.78 is 5.13. The van der Waals surface area contributed by atoms with Crippen molar-refractivity contribution in [2.45, 2.75) is 25.9 Å². The maximum atomic E-state index is 10.3. The molecule has 3 heteroatoms. The van der Waals surface area contributed by atoms with E-state index in [9.17, 15) is 5.11 Å². The Morgan fingerprint density at radius 1 is 1.22 bits per heavy atom. The molecule has 1 aliphatic heterocycles. The molecule has 1 aromatic carbocycles. The monoisotopic (exact) mass is 249 g/mol. The molecule has 1 fully saturated rings. The first-order chi connectivity index (χ1) is 8.70. The standard InChI is InChI=1S/C15H23NO2/c1-12(11-16-9-3-4-10-16)15(17)13-5-7-14(18-2)8-6-13/h5-8,12,15,17H,3-4,9-11H2,1-2H3/t12-,15+/m1/s1. The molecule has 1 N–H and O–H groups in total. The van der Waals surface area contributed by atoms with Crippen LogP contribution < -0.4 is 4.74 Å². The highest BCUT2D eigenvalue weighted by atomic mass is 16.5. The third-order valence-electron chi connectivity index (χ3n) is 3.74. The van der Waals surface area contributed by atoms with Crippen LogP contribution in [-0.4, -0.2) is 36.8 Å². The number of likely N-dealkylation sites (tertiary alicyclic amines) is 1. The molecule has 0 unspecified atom stereocenters. The summed E-state index contributed by atoms with van der Waals surface area (Å²) in [6.45, 7) is 5.46. The quantitative estimate of drug-likeness (QED) is 0.870. The minimum atomic E-state index is -0.392. The van der Waals surface area contributed by atoms with Crippen molar-refractivity contribution in [2.75, 3.05) is 26.7 Å². The van der Waals surface area contributed by atoms with E-state index < -0.39 is 6.10 Å². The molecule has 0 spiro atoms. The number of aliphatic hydroxyl groups is 1. The van der Waals surface area contributed by atoms with Crippen molar-refractivity contribution in [2.24, 2.45) is 5.92 Å². The predicted molar refractivity (Wildman–Crippen MR) is 72.8 cm³/mol. The van der Waals surface area contributed by atoms with Crippen molar-refractivity contribution in [3.63, 3.8) is 0 Å². The van der Waals surface area contributed by atoms with E-state index in [1.807, 2.05) is 24.3 Å². The average Bonchev–Trinajstić information content (AvgIpc) is 2.91. The molecule has 0 bridgehead atoms. The molecule has 1 saturated heterocycles. The average molecular weight is 249 g/mol. The van der Waals surface area contributed by atoms with Crippen molar-refractivity contribution >= 4 is 0 Å². The lowest BCUT2D eigenvalue weighted by Crippen LogP contribution is -2.28. The Morgan fingerprint density at radius 2 is 1.83 bits per heavy atom. The fourth-order valence-corrected chi connectivity index (χ4v) is 2.60. The number of hydrogen-bond acceptors (Lipinski definition) is 3. The van der Waals surface area contributed by atoms with Gasteiger partial charge in [-0.25, -0.2) is 0 Å². The number of aliphatic hydroxyl groups excluding tert-OH is 1. The van der Waals surface area contributed by atoms with Crippen LogP contribution in [0.5, 0.6) is 5.75 Å². The van der Waals surface area contributed by atoms with Crippen LogP contribution in [0, 0.1) is 5.92 Å². The van der Waals surface area contributed by atoms with E-state index in [2.05, 4.69) is 11.8 Å². The van der Waals surface area contributed by atoms with Crippen molar-refractivity contribution in [1.82, 2.24) is 4.90 Å². The van der Waals surface area contributed by atoms with Crippen LogP contribution in [0.2, 0.25) is 0 Å². The molecular formula is C15H23NO2. The zero-order valence-electron chi connectivity index (χ0n) is 11.3. The second-order valence-electron chi connectivity index (χ2n) is 5.20. The van der Waals surface area contributed by atoms with Crippen LogP contribution in [0.4, 0.5) is 0 Å².